The van der Waals surface area contributed by atoms with Gasteiger partial charge in [-0.05, 0) is 49.4 Å². The molecule has 0 aromatic rings. The van der Waals surface area contributed by atoms with Gasteiger partial charge in [-0.2, -0.15) is 0 Å². The third-order valence-electron chi connectivity index (χ3n) is 16.7. The molecule has 17 nitrogen and oxygen atoms in total. The van der Waals surface area contributed by atoms with Crippen LogP contribution < -0.4 is 0 Å². The first kappa shape index (κ1) is 85.1. The molecule has 0 radical (unpaired) electrons. The molecule has 0 bridgehead atoms. The molecule has 0 amide bonds. The minimum Gasteiger partial charge on any atom is -0.462 e. The van der Waals surface area contributed by atoms with Gasteiger partial charge in [0.25, 0.3) is 0 Å². The summed E-state index contributed by atoms with van der Waals surface area (Å²) in [5.41, 5.74) is 0. The van der Waals surface area contributed by atoms with Crippen molar-refractivity contribution in [3.05, 3.63) is 0 Å². The molecular weight excluding hydrogens is 1150 g/mol. The Morgan fingerprint density at radius 1 is 0.322 bits per heavy atom. The number of hydrogen-bond acceptors (Lipinski definition) is 15. The van der Waals surface area contributed by atoms with Crippen LogP contribution >= 0.6 is 15.6 Å². The van der Waals surface area contributed by atoms with Gasteiger partial charge in [-0.25, -0.2) is 9.13 Å². The van der Waals surface area contributed by atoms with Crippen molar-refractivity contribution in [1.29, 1.82) is 0 Å². The SMILES string of the molecule is CCC(C)CCCCCCCCCCCCCCCCC(=O)O[C@H](COC(=O)CCCCCCCCC(C)CC)COP(=O)(O)OC[C@@H](O)COP(=O)(O)OC[C@@H](COC(=O)CCCCCCCCC(C)C)OC(=O)CCCCCCCCC(C)CC. The van der Waals surface area contributed by atoms with Gasteiger partial charge in [-0.15, -0.1) is 0 Å². The molecule has 0 heterocycles. The Balaban J connectivity index is 5.21. The lowest BCUT2D eigenvalue weighted by Crippen LogP contribution is -2.30. The Morgan fingerprint density at radius 2 is 0.552 bits per heavy atom. The first-order chi connectivity index (χ1) is 41.7. The van der Waals surface area contributed by atoms with Crippen LogP contribution in [0.1, 0.15) is 331 Å². The van der Waals surface area contributed by atoms with E-state index in [1.54, 1.807) is 0 Å². The van der Waals surface area contributed by atoms with Gasteiger partial charge >= 0.3 is 39.5 Å². The van der Waals surface area contributed by atoms with Crippen molar-refractivity contribution >= 4 is 39.5 Å². The first-order valence-corrected chi connectivity index (χ1v) is 38.3. The number of esters is 4. The van der Waals surface area contributed by atoms with E-state index in [0.717, 1.165) is 120 Å². The zero-order valence-corrected chi connectivity index (χ0v) is 58.4. The molecule has 87 heavy (non-hydrogen) atoms. The summed E-state index contributed by atoms with van der Waals surface area (Å²) in [6.07, 6.45) is 39.1. The molecule has 0 aliphatic rings. The second-order valence-corrected chi connectivity index (χ2v) is 28.7. The van der Waals surface area contributed by atoms with Crippen molar-refractivity contribution in [3.63, 3.8) is 0 Å². The molecular formula is C68H132O17P2. The molecule has 0 aliphatic carbocycles. The van der Waals surface area contributed by atoms with Crippen LogP contribution in [0.4, 0.5) is 0 Å². The Kier molecular flexibility index (Phi) is 56.6. The molecule has 0 rings (SSSR count). The van der Waals surface area contributed by atoms with Crippen molar-refractivity contribution < 1.29 is 80.2 Å². The summed E-state index contributed by atoms with van der Waals surface area (Å²) in [7, 11) is -9.90. The van der Waals surface area contributed by atoms with Crippen LogP contribution in [0.3, 0.4) is 0 Å². The lowest BCUT2D eigenvalue weighted by Gasteiger charge is -2.21. The zero-order valence-electron chi connectivity index (χ0n) is 56.6. The fourth-order valence-corrected chi connectivity index (χ4v) is 11.6. The molecule has 0 spiro atoms. The van der Waals surface area contributed by atoms with Crippen molar-refractivity contribution in [1.82, 2.24) is 0 Å². The highest BCUT2D eigenvalue weighted by Crippen LogP contribution is 2.45. The lowest BCUT2D eigenvalue weighted by atomic mass is 9.99. The summed E-state index contributed by atoms with van der Waals surface area (Å²) in [6, 6.07) is 0. The molecule has 19 heteroatoms. The maximum Gasteiger partial charge on any atom is 0.472 e. The van der Waals surface area contributed by atoms with Crippen LogP contribution in [0.25, 0.3) is 0 Å². The molecule has 0 aromatic heterocycles. The van der Waals surface area contributed by atoms with E-state index in [0.29, 0.717) is 31.6 Å². The molecule has 8 atom stereocenters. The Bertz CT molecular complexity index is 1740. The molecule has 0 saturated carbocycles. The summed E-state index contributed by atoms with van der Waals surface area (Å²) in [4.78, 5) is 72.3. The van der Waals surface area contributed by atoms with Gasteiger partial charge in [-0.1, -0.05) is 280 Å². The fourth-order valence-electron chi connectivity index (χ4n) is 10.0. The number of unbranched alkanes of at least 4 members (excludes halogenated alkanes) is 28. The van der Waals surface area contributed by atoms with Crippen molar-refractivity contribution in [2.75, 3.05) is 39.6 Å². The van der Waals surface area contributed by atoms with Crippen molar-refractivity contribution in [2.24, 2.45) is 23.7 Å². The number of ether oxygens (including phenoxy) is 4. The summed E-state index contributed by atoms with van der Waals surface area (Å²) in [5, 5.41) is 10.6. The molecule has 0 saturated heterocycles. The summed E-state index contributed by atoms with van der Waals surface area (Å²) in [5.74, 6) is 0.838. The van der Waals surface area contributed by atoms with E-state index in [4.69, 9.17) is 37.0 Å². The number of aliphatic hydroxyl groups excluding tert-OH is 1. The normalized spacial score (nSPS) is 15.3. The average Bonchev–Trinajstić information content (AvgIpc) is 3.69. The smallest absolute Gasteiger partial charge is 0.462 e. The minimum absolute atomic E-state index is 0.101. The van der Waals surface area contributed by atoms with E-state index in [1.807, 2.05) is 0 Å². The fraction of sp³-hybridized carbons (Fsp3) is 0.941. The summed E-state index contributed by atoms with van der Waals surface area (Å²) >= 11 is 0. The second-order valence-electron chi connectivity index (χ2n) is 25.8. The largest absolute Gasteiger partial charge is 0.472 e. The average molecular weight is 1280 g/mol. The highest BCUT2D eigenvalue weighted by Gasteiger charge is 2.30. The Morgan fingerprint density at radius 3 is 0.816 bits per heavy atom. The predicted octanol–water partition coefficient (Wildman–Crippen LogP) is 18.9. The third kappa shape index (κ3) is 58.9. The quantitative estimate of drug-likeness (QED) is 0.0222. The van der Waals surface area contributed by atoms with Gasteiger partial charge in [0.05, 0.1) is 26.4 Å². The number of aliphatic hydroxyl groups is 1. The maximum atomic E-state index is 13.0. The van der Waals surface area contributed by atoms with Crippen molar-refractivity contribution in [2.45, 2.75) is 350 Å². The van der Waals surface area contributed by atoms with Gasteiger partial charge in [0.1, 0.15) is 19.3 Å². The molecule has 5 unspecified atom stereocenters. The molecule has 3 N–H and O–H groups in total. The van der Waals surface area contributed by atoms with E-state index in [-0.39, 0.29) is 25.7 Å². The van der Waals surface area contributed by atoms with Gasteiger partial charge in [0.15, 0.2) is 12.2 Å². The molecule has 0 aliphatic heterocycles. The van der Waals surface area contributed by atoms with Gasteiger partial charge in [0.2, 0.25) is 0 Å². The molecule has 0 fully saturated rings. The third-order valence-corrected chi connectivity index (χ3v) is 18.6. The first-order valence-electron chi connectivity index (χ1n) is 35.3. The zero-order chi connectivity index (χ0) is 64.7. The topological polar surface area (TPSA) is 237 Å². The van der Waals surface area contributed by atoms with Crippen LogP contribution in [0, 0.1) is 23.7 Å². The van der Waals surface area contributed by atoms with Crippen LogP contribution in [0.2, 0.25) is 0 Å². The van der Waals surface area contributed by atoms with Gasteiger partial charge in [-0.3, -0.25) is 37.3 Å². The standard InChI is InChI=1S/C68H132O17P2/c1-9-59(6)45-37-29-20-18-16-14-12-13-15-17-19-21-34-42-50-67(72)84-63(54-79-66(71)49-41-33-26-23-30-38-46-60(7)10-2)56-82-86(74,75)80-52-62(69)53-81-87(76,77)83-57-64(55-78-65(70)48-40-32-25-22-28-36-44-58(4)5)85-68(73)51-43-35-27-24-31-39-47-61(8)11-3/h58-64,69H,9-57H2,1-8H3,(H,74,75)(H,76,77)/t59?,60?,61?,62-,63-,64-/m1/s1. The molecule has 0 aromatic carbocycles. The van der Waals surface area contributed by atoms with Crippen LogP contribution in [0.5, 0.6) is 0 Å². The molecule has 516 valence electrons. The number of phosphoric acid groups is 2. The number of phosphoric ester groups is 2. The highest BCUT2D eigenvalue weighted by atomic mass is 31.2. The Labute approximate surface area is 530 Å². The number of rotatable bonds is 65. The van der Waals surface area contributed by atoms with Crippen LogP contribution in [-0.4, -0.2) is 96.7 Å². The lowest BCUT2D eigenvalue weighted by molar-refractivity contribution is -0.161. The van der Waals surface area contributed by atoms with Gasteiger partial charge < -0.3 is 33.8 Å². The number of carbonyl (C=O) groups is 4. The van der Waals surface area contributed by atoms with Gasteiger partial charge in [0, 0.05) is 25.7 Å². The second kappa shape index (κ2) is 57.9. The van der Waals surface area contributed by atoms with Crippen LogP contribution in [-0.2, 0) is 65.4 Å². The van der Waals surface area contributed by atoms with E-state index in [1.165, 1.54) is 122 Å². The minimum atomic E-state index is -4.95. The summed E-state index contributed by atoms with van der Waals surface area (Å²) in [6.45, 7) is 14.0. The number of hydrogen-bond donors (Lipinski definition) is 3. The van der Waals surface area contributed by atoms with E-state index < -0.39 is 97.5 Å². The summed E-state index contributed by atoms with van der Waals surface area (Å²) < 4.78 is 68.1. The van der Waals surface area contributed by atoms with Crippen LogP contribution in [0.15, 0.2) is 0 Å². The Hall–Kier alpha value is -1.94. The van der Waals surface area contributed by atoms with E-state index in [2.05, 4.69) is 55.4 Å². The predicted molar refractivity (Wildman–Crippen MR) is 349 cm³/mol. The maximum absolute atomic E-state index is 13.0. The van der Waals surface area contributed by atoms with E-state index in [9.17, 15) is 43.2 Å². The van der Waals surface area contributed by atoms with E-state index >= 15 is 0 Å². The monoisotopic (exact) mass is 1280 g/mol. The van der Waals surface area contributed by atoms with Crippen molar-refractivity contribution in [3.8, 4) is 0 Å². The highest BCUT2D eigenvalue weighted by molar-refractivity contribution is 7.47. The number of carbonyl (C=O) groups excluding carboxylic acids is 4.